The van der Waals surface area contributed by atoms with E-state index in [2.05, 4.69) is 15.4 Å². The van der Waals surface area contributed by atoms with Gasteiger partial charge in [0.25, 0.3) is 0 Å². The number of nitrogens with zero attached hydrogens (tertiary/aromatic N) is 1. The summed E-state index contributed by atoms with van der Waals surface area (Å²) >= 11 is 0. The number of nitrogens with one attached hydrogen (secondary N) is 2. The van der Waals surface area contributed by atoms with Gasteiger partial charge in [-0.05, 0) is 37.0 Å². The van der Waals surface area contributed by atoms with Crippen LogP contribution in [0.5, 0.6) is 0 Å². The molecule has 1 saturated heterocycles. The van der Waals surface area contributed by atoms with E-state index in [-0.39, 0.29) is 18.2 Å². The Hall–Kier alpha value is -2.13. The van der Waals surface area contributed by atoms with E-state index in [4.69, 9.17) is 0 Å². The lowest BCUT2D eigenvalue weighted by atomic mass is 10.2. The smallest absolute Gasteiger partial charge is 0.411 e. The number of methoxy groups -OCH3 is 1. The van der Waals surface area contributed by atoms with Crippen LogP contribution in [0.2, 0.25) is 0 Å². The Labute approximate surface area is 153 Å². The normalized spacial score (nSPS) is 17.7. The van der Waals surface area contributed by atoms with Gasteiger partial charge in [0.05, 0.1) is 12.9 Å². The fourth-order valence-corrected chi connectivity index (χ4v) is 4.64. The van der Waals surface area contributed by atoms with Crippen LogP contribution in [0.1, 0.15) is 31.7 Å². The van der Waals surface area contributed by atoms with Crippen LogP contribution in [-0.4, -0.2) is 50.2 Å². The van der Waals surface area contributed by atoms with E-state index >= 15 is 0 Å². The van der Waals surface area contributed by atoms with Crippen LogP contribution >= 0.6 is 0 Å². The third-order valence-corrected chi connectivity index (χ3v) is 6.25. The molecule has 0 aromatic heterocycles. The molecule has 0 radical (unpaired) electrons. The van der Waals surface area contributed by atoms with Gasteiger partial charge in [-0.3, -0.25) is 10.1 Å². The summed E-state index contributed by atoms with van der Waals surface area (Å²) in [5, 5.41) is 5.34. The number of carbonyl (C=O) groups excluding carboxylic acids is 2. The average molecular weight is 383 g/mol. The quantitative estimate of drug-likeness (QED) is 0.745. The van der Waals surface area contributed by atoms with Gasteiger partial charge in [0.15, 0.2) is 0 Å². The predicted molar refractivity (Wildman–Crippen MR) is 98.1 cm³/mol. The Balaban J connectivity index is 1.92. The molecule has 1 aliphatic heterocycles. The Morgan fingerprint density at radius 3 is 2.58 bits per heavy atom. The second kappa shape index (κ2) is 9.00. The highest BCUT2D eigenvalue weighted by Crippen LogP contribution is 2.22. The van der Waals surface area contributed by atoms with E-state index in [1.54, 1.807) is 31.2 Å². The first-order valence-corrected chi connectivity index (χ1v) is 10.2. The van der Waals surface area contributed by atoms with Crippen molar-refractivity contribution in [2.24, 2.45) is 0 Å². The zero-order chi connectivity index (χ0) is 19.2. The van der Waals surface area contributed by atoms with Gasteiger partial charge in [0, 0.05) is 18.8 Å². The number of rotatable bonds is 7. The predicted octanol–water partition coefficient (Wildman–Crippen LogP) is 1.69. The van der Waals surface area contributed by atoms with E-state index < -0.39 is 22.2 Å². The molecular formula is C17H25N3O5S. The van der Waals surface area contributed by atoms with Gasteiger partial charge in [-0.15, -0.1) is 0 Å². The van der Waals surface area contributed by atoms with Crippen molar-refractivity contribution < 1.29 is 22.7 Å². The minimum absolute atomic E-state index is 0.0609. The van der Waals surface area contributed by atoms with E-state index in [0.29, 0.717) is 31.5 Å². The van der Waals surface area contributed by atoms with E-state index in [1.165, 1.54) is 11.4 Å². The first-order chi connectivity index (χ1) is 12.4. The number of hydrogen-bond acceptors (Lipinski definition) is 5. The number of carbonyl (C=O) groups is 2. The Kier molecular flexibility index (Phi) is 6.98. The van der Waals surface area contributed by atoms with E-state index in [0.717, 1.165) is 5.56 Å². The van der Waals surface area contributed by atoms with E-state index in [9.17, 15) is 18.0 Å². The molecule has 1 atom stereocenters. The summed E-state index contributed by atoms with van der Waals surface area (Å²) in [5.41, 5.74) is 1.43. The summed E-state index contributed by atoms with van der Waals surface area (Å²) in [5.74, 6) is -0.218. The number of anilines is 1. The van der Waals surface area contributed by atoms with Crippen molar-refractivity contribution in [2.45, 2.75) is 38.8 Å². The second-order valence-electron chi connectivity index (χ2n) is 6.12. The lowest BCUT2D eigenvalue weighted by molar-refractivity contribution is -0.124. The number of ether oxygens (including phenoxy) is 1. The highest BCUT2D eigenvalue weighted by atomic mass is 32.2. The van der Waals surface area contributed by atoms with Crippen LogP contribution in [-0.2, 0) is 26.1 Å². The Morgan fingerprint density at radius 1 is 1.27 bits per heavy atom. The summed E-state index contributed by atoms with van der Waals surface area (Å²) in [7, 11) is -2.10. The van der Waals surface area contributed by atoms with Crippen molar-refractivity contribution in [3.63, 3.8) is 0 Å². The number of hydrogen-bond donors (Lipinski definition) is 2. The van der Waals surface area contributed by atoms with Gasteiger partial charge in [-0.2, -0.15) is 4.31 Å². The molecule has 1 heterocycles. The highest BCUT2D eigenvalue weighted by Gasteiger charge is 2.37. The Morgan fingerprint density at radius 2 is 1.96 bits per heavy atom. The molecule has 8 nitrogen and oxygen atoms in total. The number of amides is 2. The molecule has 0 aliphatic carbocycles. The summed E-state index contributed by atoms with van der Waals surface area (Å²) in [4.78, 5) is 23.6. The number of benzene rings is 1. The minimum atomic E-state index is -3.39. The van der Waals surface area contributed by atoms with Gasteiger partial charge < -0.3 is 10.1 Å². The summed E-state index contributed by atoms with van der Waals surface area (Å²) in [6.07, 6.45) is 1.20. The summed E-state index contributed by atoms with van der Waals surface area (Å²) in [6.45, 7) is 2.49. The molecule has 26 heavy (non-hydrogen) atoms. The zero-order valence-electron chi connectivity index (χ0n) is 15.0. The molecule has 2 rings (SSSR count). The highest BCUT2D eigenvalue weighted by molar-refractivity contribution is 7.89. The monoisotopic (exact) mass is 383 g/mol. The van der Waals surface area contributed by atoms with E-state index in [1.807, 2.05) is 0 Å². The summed E-state index contributed by atoms with van der Waals surface area (Å²) in [6, 6.07) is 6.31. The molecule has 1 fully saturated rings. The third kappa shape index (κ3) is 5.18. The maximum absolute atomic E-state index is 12.4. The molecular weight excluding hydrogens is 358 g/mol. The van der Waals surface area contributed by atoms with Crippen LogP contribution < -0.4 is 10.6 Å². The fraction of sp³-hybridized carbons (Fsp3) is 0.529. The molecule has 0 saturated carbocycles. The van der Waals surface area contributed by atoms with Gasteiger partial charge in [0.1, 0.15) is 6.04 Å². The SMILES string of the molecule is CCCS(=O)(=O)N1CCCC1C(=O)NCc1ccc(NC(=O)OC)cc1. The molecule has 1 aromatic rings. The van der Waals surface area contributed by atoms with Crippen molar-refractivity contribution in [1.82, 2.24) is 9.62 Å². The maximum atomic E-state index is 12.4. The van der Waals surface area contributed by atoms with Crippen LogP contribution in [0.3, 0.4) is 0 Å². The first kappa shape index (κ1) is 20.2. The average Bonchev–Trinajstić information content (AvgIpc) is 3.11. The molecule has 0 bridgehead atoms. The molecule has 1 aromatic carbocycles. The van der Waals surface area contributed by atoms with Crippen LogP contribution in [0.15, 0.2) is 24.3 Å². The zero-order valence-corrected chi connectivity index (χ0v) is 15.8. The molecule has 9 heteroatoms. The largest absolute Gasteiger partial charge is 0.453 e. The molecule has 1 unspecified atom stereocenters. The lowest BCUT2D eigenvalue weighted by Gasteiger charge is -2.23. The van der Waals surface area contributed by atoms with Crippen molar-refractivity contribution in [2.75, 3.05) is 24.7 Å². The topological polar surface area (TPSA) is 105 Å². The maximum Gasteiger partial charge on any atom is 0.411 e. The van der Waals surface area contributed by atoms with Crippen molar-refractivity contribution in [3.05, 3.63) is 29.8 Å². The van der Waals surface area contributed by atoms with Crippen molar-refractivity contribution >= 4 is 27.7 Å². The molecule has 2 N–H and O–H groups in total. The van der Waals surface area contributed by atoms with Crippen LogP contribution in [0, 0.1) is 0 Å². The van der Waals surface area contributed by atoms with Gasteiger partial charge in [0.2, 0.25) is 15.9 Å². The van der Waals surface area contributed by atoms with Gasteiger partial charge in [-0.25, -0.2) is 13.2 Å². The van der Waals surface area contributed by atoms with Gasteiger partial charge >= 0.3 is 6.09 Å². The van der Waals surface area contributed by atoms with Crippen LogP contribution in [0.4, 0.5) is 10.5 Å². The Bertz CT molecular complexity index is 733. The third-order valence-electron chi connectivity index (χ3n) is 4.18. The number of sulfonamides is 1. The molecule has 144 valence electrons. The standard InChI is InChI=1S/C17H25N3O5S/c1-3-11-26(23,24)20-10-4-5-15(20)16(21)18-12-13-6-8-14(9-7-13)19-17(22)25-2/h6-9,15H,3-5,10-12H2,1-2H3,(H,18,21)(H,19,22). The fourth-order valence-electron chi connectivity index (χ4n) is 2.89. The van der Waals surface area contributed by atoms with Crippen molar-refractivity contribution in [1.29, 1.82) is 0 Å². The molecule has 2 amide bonds. The van der Waals surface area contributed by atoms with Crippen molar-refractivity contribution in [3.8, 4) is 0 Å². The molecule has 1 aliphatic rings. The van der Waals surface area contributed by atoms with Crippen LogP contribution in [0.25, 0.3) is 0 Å². The lowest BCUT2D eigenvalue weighted by Crippen LogP contribution is -2.46. The molecule has 0 spiro atoms. The first-order valence-electron chi connectivity index (χ1n) is 8.58. The van der Waals surface area contributed by atoms with Gasteiger partial charge in [-0.1, -0.05) is 19.1 Å². The minimum Gasteiger partial charge on any atom is -0.453 e. The second-order valence-corrected chi connectivity index (χ2v) is 8.16. The summed E-state index contributed by atoms with van der Waals surface area (Å²) < 4.78 is 30.4.